The number of hydrogen-bond acceptors (Lipinski definition) is 5. The highest BCUT2D eigenvalue weighted by Crippen LogP contribution is 2.17. The fourth-order valence-corrected chi connectivity index (χ4v) is 2.42. The molecule has 1 fully saturated rings. The van der Waals surface area contributed by atoms with Crippen LogP contribution in [0.5, 0.6) is 0 Å². The van der Waals surface area contributed by atoms with E-state index in [9.17, 15) is 4.79 Å². The zero-order valence-electron chi connectivity index (χ0n) is 11.5. The van der Waals surface area contributed by atoms with Crippen LogP contribution in [-0.4, -0.2) is 46.3 Å². The minimum absolute atomic E-state index is 0. The van der Waals surface area contributed by atoms with Crippen molar-refractivity contribution in [1.82, 2.24) is 14.9 Å². The van der Waals surface area contributed by atoms with Gasteiger partial charge in [0.05, 0.1) is 6.04 Å². The summed E-state index contributed by atoms with van der Waals surface area (Å²) in [5, 5.41) is 3.40. The normalized spacial score (nSPS) is 17.1. The van der Waals surface area contributed by atoms with Gasteiger partial charge >= 0.3 is 0 Å². The number of carbonyl (C=O) groups is 1. The first-order valence-corrected chi connectivity index (χ1v) is 7.00. The molecule has 1 aromatic rings. The quantitative estimate of drug-likeness (QED) is 0.903. The number of aromatic nitrogens is 2. The van der Waals surface area contributed by atoms with Crippen LogP contribution in [0.4, 0.5) is 5.82 Å². The van der Waals surface area contributed by atoms with E-state index in [1.807, 2.05) is 0 Å². The van der Waals surface area contributed by atoms with Crippen molar-refractivity contribution in [3.05, 3.63) is 17.5 Å². The van der Waals surface area contributed by atoms with Gasteiger partial charge in [0.15, 0.2) is 16.8 Å². The number of halogens is 2. The number of piperidine rings is 1. The molecule has 0 spiro atoms. The van der Waals surface area contributed by atoms with Crippen molar-refractivity contribution in [2.24, 2.45) is 0 Å². The molecule has 2 rings (SSSR count). The van der Waals surface area contributed by atoms with Gasteiger partial charge in [-0.05, 0) is 32.9 Å². The van der Waals surface area contributed by atoms with E-state index in [1.165, 1.54) is 25.5 Å². The van der Waals surface area contributed by atoms with Crippen LogP contribution in [0.15, 0.2) is 12.4 Å². The highest BCUT2D eigenvalue weighted by molar-refractivity contribution is 6.31. The molecule has 1 aliphatic heterocycles. The molecule has 0 bridgehead atoms. The van der Waals surface area contributed by atoms with Gasteiger partial charge in [-0.1, -0.05) is 18.0 Å². The third kappa shape index (κ3) is 4.89. The maximum atomic E-state index is 11.8. The summed E-state index contributed by atoms with van der Waals surface area (Å²) in [6.07, 6.45) is 6.78. The Bertz CT molecular complexity index is 438. The van der Waals surface area contributed by atoms with E-state index >= 15 is 0 Å². The molecule has 112 valence electrons. The predicted octanol–water partition coefficient (Wildman–Crippen LogP) is 2.41. The largest absolute Gasteiger partial charge is 0.356 e. The summed E-state index contributed by atoms with van der Waals surface area (Å²) in [6.45, 7) is 4.40. The fraction of sp³-hybridized carbons (Fsp3) is 0.615. The van der Waals surface area contributed by atoms with Gasteiger partial charge in [-0.25, -0.2) is 9.97 Å². The number of ketones is 1. The lowest BCUT2D eigenvalue weighted by molar-refractivity contribution is -0.118. The Morgan fingerprint density at radius 3 is 2.60 bits per heavy atom. The Labute approximate surface area is 130 Å². The molecule has 1 unspecified atom stereocenters. The molecular formula is C13H20Cl2N4O. The summed E-state index contributed by atoms with van der Waals surface area (Å²) in [5.74, 6) is 0.564. The molecule has 1 saturated heterocycles. The molecule has 1 aliphatic rings. The van der Waals surface area contributed by atoms with Crippen LogP contribution >= 0.6 is 24.0 Å². The second-order valence-electron chi connectivity index (χ2n) is 4.86. The lowest BCUT2D eigenvalue weighted by atomic mass is 10.1. The van der Waals surface area contributed by atoms with Crippen LogP contribution in [0.3, 0.4) is 0 Å². The van der Waals surface area contributed by atoms with Crippen molar-refractivity contribution >= 4 is 35.6 Å². The van der Waals surface area contributed by atoms with E-state index in [-0.39, 0.29) is 24.2 Å². The Morgan fingerprint density at radius 1 is 1.35 bits per heavy atom. The lowest BCUT2D eigenvalue weighted by Crippen LogP contribution is -2.43. The summed E-state index contributed by atoms with van der Waals surface area (Å²) in [7, 11) is 0. The topological polar surface area (TPSA) is 58.1 Å². The number of nitrogens with one attached hydrogen (secondary N) is 1. The average molecular weight is 319 g/mol. The number of likely N-dealkylation sites (tertiary alicyclic amines) is 1. The van der Waals surface area contributed by atoms with E-state index in [2.05, 4.69) is 20.2 Å². The first-order valence-electron chi connectivity index (χ1n) is 6.62. The van der Waals surface area contributed by atoms with Crippen molar-refractivity contribution < 1.29 is 4.79 Å². The second-order valence-corrected chi connectivity index (χ2v) is 5.22. The number of Topliss-reactive ketones (excluding diaryl/α,β-unsaturated/α-hetero) is 1. The standard InChI is InChI=1S/C13H19ClN4O.ClH/c1-10(19)11(9-18-7-3-2-4-8-18)17-13-12(14)15-5-6-16-13;/h5-6,11H,2-4,7-9H2,1H3,(H,16,17);1H. The molecule has 0 radical (unpaired) electrons. The lowest BCUT2D eigenvalue weighted by Gasteiger charge is -2.30. The zero-order chi connectivity index (χ0) is 13.7. The summed E-state index contributed by atoms with van der Waals surface area (Å²) in [4.78, 5) is 22.1. The maximum absolute atomic E-state index is 11.8. The van der Waals surface area contributed by atoms with Gasteiger partial charge in [0.2, 0.25) is 0 Å². The van der Waals surface area contributed by atoms with E-state index in [4.69, 9.17) is 11.6 Å². The highest BCUT2D eigenvalue weighted by Gasteiger charge is 2.21. The smallest absolute Gasteiger partial charge is 0.171 e. The van der Waals surface area contributed by atoms with Crippen LogP contribution < -0.4 is 5.32 Å². The van der Waals surface area contributed by atoms with Gasteiger partial charge in [-0.15, -0.1) is 12.4 Å². The zero-order valence-corrected chi connectivity index (χ0v) is 13.1. The first kappa shape index (κ1) is 17.1. The summed E-state index contributed by atoms with van der Waals surface area (Å²) < 4.78 is 0. The van der Waals surface area contributed by atoms with Crippen molar-refractivity contribution in [2.75, 3.05) is 25.0 Å². The number of rotatable bonds is 5. The molecular weight excluding hydrogens is 299 g/mol. The molecule has 2 heterocycles. The monoisotopic (exact) mass is 318 g/mol. The predicted molar refractivity (Wildman–Crippen MR) is 82.7 cm³/mol. The van der Waals surface area contributed by atoms with Gasteiger partial charge in [-0.3, -0.25) is 4.79 Å². The van der Waals surface area contributed by atoms with E-state index in [0.717, 1.165) is 13.1 Å². The van der Waals surface area contributed by atoms with Crippen LogP contribution in [0.1, 0.15) is 26.2 Å². The Hall–Kier alpha value is -0.910. The Morgan fingerprint density at radius 2 is 2.00 bits per heavy atom. The van der Waals surface area contributed by atoms with E-state index in [1.54, 1.807) is 13.1 Å². The summed E-state index contributed by atoms with van der Waals surface area (Å²) in [5.41, 5.74) is 0. The first-order chi connectivity index (χ1) is 9.16. The number of anilines is 1. The highest BCUT2D eigenvalue weighted by atomic mass is 35.5. The van der Waals surface area contributed by atoms with Crippen LogP contribution in [0.2, 0.25) is 5.15 Å². The molecule has 7 heteroatoms. The van der Waals surface area contributed by atoms with Crippen molar-refractivity contribution in [1.29, 1.82) is 0 Å². The molecule has 0 aliphatic carbocycles. The van der Waals surface area contributed by atoms with Gasteiger partial charge in [0.1, 0.15) is 0 Å². The number of hydrogen-bond donors (Lipinski definition) is 1. The Kier molecular flexibility index (Phi) is 7.19. The third-order valence-electron chi connectivity index (χ3n) is 3.34. The van der Waals surface area contributed by atoms with Crippen molar-refractivity contribution in [3.8, 4) is 0 Å². The molecule has 0 aromatic carbocycles. The van der Waals surface area contributed by atoms with Crippen LogP contribution in [0, 0.1) is 0 Å². The average Bonchev–Trinajstić information content (AvgIpc) is 2.41. The van der Waals surface area contributed by atoms with Crippen LogP contribution in [-0.2, 0) is 4.79 Å². The molecule has 5 nitrogen and oxygen atoms in total. The molecule has 1 atom stereocenters. The van der Waals surface area contributed by atoms with E-state index < -0.39 is 0 Å². The molecule has 0 amide bonds. The van der Waals surface area contributed by atoms with Gasteiger partial charge < -0.3 is 10.2 Å². The Balaban J connectivity index is 0.00000200. The third-order valence-corrected chi connectivity index (χ3v) is 3.62. The van der Waals surface area contributed by atoms with Gasteiger partial charge in [0, 0.05) is 18.9 Å². The molecule has 20 heavy (non-hydrogen) atoms. The number of nitrogens with zero attached hydrogens (tertiary/aromatic N) is 3. The van der Waals surface area contributed by atoms with Gasteiger partial charge in [0.25, 0.3) is 0 Å². The maximum Gasteiger partial charge on any atom is 0.171 e. The summed E-state index contributed by atoms with van der Waals surface area (Å²) in [6, 6.07) is -0.285. The molecule has 0 saturated carbocycles. The van der Waals surface area contributed by atoms with E-state index in [0.29, 0.717) is 17.5 Å². The van der Waals surface area contributed by atoms with Crippen LogP contribution in [0.25, 0.3) is 0 Å². The molecule has 1 N–H and O–H groups in total. The second kappa shape index (κ2) is 8.39. The van der Waals surface area contributed by atoms with Crippen molar-refractivity contribution in [3.63, 3.8) is 0 Å². The molecule has 1 aromatic heterocycles. The summed E-state index contributed by atoms with van der Waals surface area (Å²) >= 11 is 5.95. The van der Waals surface area contributed by atoms with Gasteiger partial charge in [-0.2, -0.15) is 0 Å². The minimum atomic E-state index is -0.285. The minimum Gasteiger partial charge on any atom is -0.356 e. The SMILES string of the molecule is CC(=O)C(CN1CCCCC1)Nc1nccnc1Cl.Cl. The van der Waals surface area contributed by atoms with Crippen molar-refractivity contribution in [2.45, 2.75) is 32.2 Å². The fourth-order valence-electron chi connectivity index (χ4n) is 2.26. The number of carbonyl (C=O) groups excluding carboxylic acids is 1.